The Morgan fingerprint density at radius 3 is 3.09 bits per heavy atom. The van der Waals surface area contributed by atoms with Gasteiger partial charge in [0, 0.05) is 4.47 Å². The second kappa shape index (κ2) is 2.46. The van der Waals surface area contributed by atoms with Gasteiger partial charge in [0.1, 0.15) is 0 Å². The van der Waals surface area contributed by atoms with Crippen LogP contribution in [-0.4, -0.2) is 4.37 Å². The van der Waals surface area contributed by atoms with Gasteiger partial charge in [0.05, 0.1) is 10.9 Å². The summed E-state index contributed by atoms with van der Waals surface area (Å²) >= 11 is 4.45. The van der Waals surface area contributed by atoms with Gasteiger partial charge in [-0.1, -0.05) is 15.9 Å². The van der Waals surface area contributed by atoms with Crippen LogP contribution in [0.15, 0.2) is 27.5 Å². The normalized spacial score (nSPS) is 10.6. The smallest absolute Gasteiger partial charge is 0.257 e. The van der Waals surface area contributed by atoms with E-state index in [4.69, 9.17) is 0 Å². The van der Waals surface area contributed by atoms with Gasteiger partial charge in [-0.3, -0.25) is 4.79 Å². The van der Waals surface area contributed by atoms with E-state index in [1.165, 1.54) is 0 Å². The third kappa shape index (κ3) is 1.12. The molecule has 1 N–H and O–H groups in total. The highest BCUT2D eigenvalue weighted by Gasteiger charge is 1.99. The quantitative estimate of drug-likeness (QED) is 0.740. The average molecular weight is 230 g/mol. The van der Waals surface area contributed by atoms with Crippen molar-refractivity contribution in [2.45, 2.75) is 0 Å². The third-order valence-electron chi connectivity index (χ3n) is 1.46. The Morgan fingerprint density at radius 2 is 2.27 bits per heavy atom. The Hall–Kier alpha value is -0.610. The molecule has 0 aliphatic carbocycles. The number of H-pyrrole nitrogens is 1. The third-order valence-corrected chi connectivity index (χ3v) is 2.68. The zero-order chi connectivity index (χ0) is 7.84. The van der Waals surface area contributed by atoms with Crippen molar-refractivity contribution in [1.82, 2.24) is 4.37 Å². The summed E-state index contributed by atoms with van der Waals surface area (Å²) in [5, 5.41) is 0.762. The molecule has 1 heterocycles. The van der Waals surface area contributed by atoms with Crippen molar-refractivity contribution in [1.29, 1.82) is 0 Å². The molecule has 2 aromatic rings. The molecular formula is C7H4BrNOS. The van der Waals surface area contributed by atoms with Crippen molar-refractivity contribution in [2.75, 3.05) is 0 Å². The molecule has 0 spiro atoms. The van der Waals surface area contributed by atoms with Gasteiger partial charge in [0.2, 0.25) is 0 Å². The summed E-state index contributed by atoms with van der Waals surface area (Å²) in [6.45, 7) is 0. The van der Waals surface area contributed by atoms with Gasteiger partial charge in [-0.2, -0.15) is 0 Å². The van der Waals surface area contributed by atoms with E-state index in [0.29, 0.717) is 0 Å². The predicted molar refractivity (Wildman–Crippen MR) is 50.1 cm³/mol. The summed E-state index contributed by atoms with van der Waals surface area (Å²) in [4.78, 5) is 11.1. The molecule has 0 aliphatic heterocycles. The number of aromatic amines is 1. The first-order valence-electron chi connectivity index (χ1n) is 3.04. The molecule has 0 aliphatic rings. The number of halogens is 1. The Kier molecular flexibility index (Phi) is 1.58. The lowest BCUT2D eigenvalue weighted by Crippen LogP contribution is -1.85. The van der Waals surface area contributed by atoms with E-state index in [9.17, 15) is 4.79 Å². The molecule has 56 valence electrons. The number of benzene rings is 1. The number of rotatable bonds is 0. The van der Waals surface area contributed by atoms with E-state index >= 15 is 0 Å². The van der Waals surface area contributed by atoms with E-state index in [-0.39, 0.29) is 4.74 Å². The zero-order valence-corrected chi connectivity index (χ0v) is 7.83. The molecule has 1 aromatic heterocycles. The number of fused-ring (bicyclic) bond motifs is 1. The first-order valence-corrected chi connectivity index (χ1v) is 4.65. The van der Waals surface area contributed by atoms with Crippen LogP contribution in [0.3, 0.4) is 0 Å². The highest BCUT2D eigenvalue weighted by molar-refractivity contribution is 9.10. The Morgan fingerprint density at radius 1 is 1.45 bits per heavy atom. The Labute approximate surface area is 75.1 Å². The number of nitrogens with one attached hydrogen (secondary N) is 1. The molecule has 11 heavy (non-hydrogen) atoms. The molecule has 0 amide bonds. The van der Waals surface area contributed by atoms with E-state index in [0.717, 1.165) is 26.9 Å². The average Bonchev–Trinajstić information content (AvgIpc) is 2.32. The zero-order valence-electron chi connectivity index (χ0n) is 5.43. The summed E-state index contributed by atoms with van der Waals surface area (Å²) in [7, 11) is 0. The summed E-state index contributed by atoms with van der Waals surface area (Å²) < 4.78 is 4.00. The molecule has 0 fully saturated rings. The summed E-state index contributed by atoms with van der Waals surface area (Å²) in [5.74, 6) is 0. The van der Waals surface area contributed by atoms with Gasteiger partial charge in [0.15, 0.2) is 0 Å². The van der Waals surface area contributed by atoms with E-state index in [1.54, 1.807) is 0 Å². The van der Waals surface area contributed by atoms with Crippen molar-refractivity contribution in [3.63, 3.8) is 0 Å². The van der Waals surface area contributed by atoms with E-state index in [2.05, 4.69) is 20.3 Å². The minimum atomic E-state index is 0.0903. The van der Waals surface area contributed by atoms with Crippen LogP contribution in [0, 0.1) is 0 Å². The molecule has 2 nitrogen and oxygen atoms in total. The van der Waals surface area contributed by atoms with E-state index in [1.807, 2.05) is 18.2 Å². The molecule has 4 heteroatoms. The molecule has 0 bridgehead atoms. The van der Waals surface area contributed by atoms with Gasteiger partial charge >= 0.3 is 0 Å². The largest absolute Gasteiger partial charge is 0.307 e. The van der Waals surface area contributed by atoms with Gasteiger partial charge in [0.25, 0.3) is 4.74 Å². The van der Waals surface area contributed by atoms with Crippen LogP contribution in [0.5, 0.6) is 0 Å². The van der Waals surface area contributed by atoms with Crippen LogP contribution in [-0.2, 0) is 0 Å². The van der Waals surface area contributed by atoms with Crippen LogP contribution in [0.25, 0.3) is 10.9 Å². The lowest BCUT2D eigenvalue weighted by atomic mass is 10.3. The predicted octanol–water partition coefficient (Wildman–Crippen LogP) is 2.35. The highest BCUT2D eigenvalue weighted by Crippen LogP contribution is 2.16. The second-order valence-electron chi connectivity index (χ2n) is 2.18. The first-order chi connectivity index (χ1) is 5.27. The van der Waals surface area contributed by atoms with Gasteiger partial charge in [-0.25, -0.2) is 0 Å². The van der Waals surface area contributed by atoms with Crippen LogP contribution in [0.1, 0.15) is 0 Å². The standard InChI is InChI=1S/C7H4BrNOS/c8-4-1-2-5-6(3-4)9-11-7(5)10/h1-3,9H. The molecular weight excluding hydrogens is 226 g/mol. The Bertz CT molecular complexity index is 445. The minimum absolute atomic E-state index is 0.0903. The van der Waals surface area contributed by atoms with Crippen molar-refractivity contribution in [3.05, 3.63) is 32.2 Å². The van der Waals surface area contributed by atoms with Crippen LogP contribution < -0.4 is 4.74 Å². The maximum atomic E-state index is 11.1. The van der Waals surface area contributed by atoms with Crippen molar-refractivity contribution in [3.8, 4) is 0 Å². The molecule has 1 aromatic carbocycles. The molecule has 0 saturated carbocycles. The number of aromatic nitrogens is 1. The van der Waals surface area contributed by atoms with Crippen LogP contribution in [0.2, 0.25) is 0 Å². The van der Waals surface area contributed by atoms with E-state index < -0.39 is 0 Å². The fourth-order valence-corrected chi connectivity index (χ4v) is 1.96. The highest BCUT2D eigenvalue weighted by atomic mass is 79.9. The van der Waals surface area contributed by atoms with Crippen LogP contribution >= 0.6 is 27.5 Å². The monoisotopic (exact) mass is 229 g/mol. The van der Waals surface area contributed by atoms with Crippen LogP contribution in [0.4, 0.5) is 0 Å². The maximum absolute atomic E-state index is 11.1. The Balaban J connectivity index is 2.97. The number of hydrogen-bond donors (Lipinski definition) is 1. The van der Waals surface area contributed by atoms with Gasteiger partial charge < -0.3 is 4.37 Å². The summed E-state index contributed by atoms with van der Waals surface area (Å²) in [6.07, 6.45) is 0. The SMILES string of the molecule is O=c1s[nH]c2cc(Br)ccc12. The topological polar surface area (TPSA) is 32.9 Å². The first kappa shape index (κ1) is 7.06. The van der Waals surface area contributed by atoms with Crippen molar-refractivity contribution in [2.24, 2.45) is 0 Å². The van der Waals surface area contributed by atoms with Gasteiger partial charge in [-0.05, 0) is 29.7 Å². The van der Waals surface area contributed by atoms with Crippen molar-refractivity contribution >= 4 is 38.4 Å². The fraction of sp³-hybridized carbons (Fsp3) is 0. The lowest BCUT2D eigenvalue weighted by molar-refractivity contribution is 1.64. The fourth-order valence-electron chi connectivity index (χ4n) is 0.935. The molecule has 2 rings (SSSR count). The summed E-state index contributed by atoms with van der Waals surface area (Å²) in [5.41, 5.74) is 0.898. The number of hydrogen-bond acceptors (Lipinski definition) is 2. The molecule has 0 atom stereocenters. The van der Waals surface area contributed by atoms with Crippen molar-refractivity contribution < 1.29 is 0 Å². The van der Waals surface area contributed by atoms with Gasteiger partial charge in [-0.15, -0.1) is 0 Å². The summed E-state index contributed by atoms with van der Waals surface area (Å²) in [6, 6.07) is 5.58. The maximum Gasteiger partial charge on any atom is 0.257 e. The molecule has 0 saturated heterocycles. The molecule has 0 unspecified atom stereocenters. The second-order valence-corrected chi connectivity index (χ2v) is 3.88. The lowest BCUT2D eigenvalue weighted by Gasteiger charge is -1.87. The minimum Gasteiger partial charge on any atom is -0.307 e. The molecule has 0 radical (unpaired) electrons.